The molecule has 1 heterocycles. The highest BCUT2D eigenvalue weighted by molar-refractivity contribution is 5.75. The Labute approximate surface area is 233 Å². The van der Waals surface area contributed by atoms with Gasteiger partial charge in [0.1, 0.15) is 0 Å². The highest BCUT2D eigenvalue weighted by Crippen LogP contribution is 2.68. The van der Waals surface area contributed by atoms with Gasteiger partial charge in [-0.25, -0.2) is 0 Å². The normalized spacial score (nSPS) is 42.8. The largest absolute Gasteiger partial charge is 1.00 e. The molecule has 0 aromatic carbocycles. The Hall–Kier alpha value is 0.160. The van der Waals surface area contributed by atoms with E-state index < -0.39 is 0 Å². The Morgan fingerprint density at radius 1 is 0.914 bits per heavy atom. The first-order valence-corrected chi connectivity index (χ1v) is 15.4. The Kier molecular flexibility index (Phi) is 8.94. The molecule has 5 rings (SSSR count). The third-order valence-corrected chi connectivity index (χ3v) is 12.8. The minimum absolute atomic E-state index is 0. The second kappa shape index (κ2) is 11.1. The third kappa shape index (κ3) is 5.36. The molecule has 5 fully saturated rings. The summed E-state index contributed by atoms with van der Waals surface area (Å²) in [6.07, 6.45) is 19.4. The first kappa shape index (κ1) is 28.2. The van der Waals surface area contributed by atoms with E-state index >= 15 is 0 Å². The van der Waals surface area contributed by atoms with Crippen LogP contribution in [0.2, 0.25) is 0 Å². The van der Waals surface area contributed by atoms with Gasteiger partial charge in [-0.15, -0.1) is 0 Å². The number of carbonyl (C=O) groups is 1. The lowest BCUT2D eigenvalue weighted by Gasteiger charge is -2.61. The van der Waals surface area contributed by atoms with E-state index in [1.165, 1.54) is 90.1 Å². The van der Waals surface area contributed by atoms with Crippen molar-refractivity contribution < 1.29 is 33.3 Å². The fourth-order valence-electron chi connectivity index (χ4n) is 10.7. The molecule has 4 aliphatic carbocycles. The maximum absolute atomic E-state index is 12.6. The van der Waals surface area contributed by atoms with Gasteiger partial charge in [-0.05, 0) is 104 Å². The fourth-order valence-corrected chi connectivity index (χ4v) is 10.7. The fraction of sp³-hybridized carbons (Fsp3) is 0.968. The summed E-state index contributed by atoms with van der Waals surface area (Å²) in [7, 11) is 2.36. The molecule has 0 aromatic rings. The molecule has 1 aliphatic heterocycles. The van der Waals surface area contributed by atoms with Crippen LogP contribution in [0.3, 0.4) is 0 Å². The Balaban J connectivity index is 0.00000289. The van der Waals surface area contributed by atoms with E-state index in [9.17, 15) is 4.79 Å². The minimum Gasteiger partial charge on any atom is -1.00 e. The summed E-state index contributed by atoms with van der Waals surface area (Å²) in [6.45, 7) is 12.4. The highest BCUT2D eigenvalue weighted by Gasteiger charge is 2.60. The van der Waals surface area contributed by atoms with Gasteiger partial charge in [-0.2, -0.15) is 0 Å². The van der Waals surface area contributed by atoms with Crippen molar-refractivity contribution in [2.24, 2.45) is 46.3 Å². The summed E-state index contributed by atoms with van der Waals surface area (Å²) in [5.74, 6) is 5.79. The zero-order valence-electron chi connectivity index (χ0n) is 23.4. The van der Waals surface area contributed by atoms with Crippen molar-refractivity contribution >= 4 is 5.91 Å². The molecule has 1 saturated heterocycles. The summed E-state index contributed by atoms with van der Waals surface area (Å²) in [4.78, 5) is 12.6. The van der Waals surface area contributed by atoms with Gasteiger partial charge in [-0.1, -0.05) is 33.6 Å². The quantitative estimate of drug-likeness (QED) is 0.351. The number of halogens is 1. The minimum atomic E-state index is 0. The topological polar surface area (TPSA) is 29.1 Å². The number of likely N-dealkylation sites (tertiary alicyclic amines) is 1. The smallest absolute Gasteiger partial charge is 0.220 e. The molecule has 2 unspecified atom stereocenters. The molecule has 0 spiro atoms. The second-order valence-electron chi connectivity index (χ2n) is 14.5. The van der Waals surface area contributed by atoms with Crippen molar-refractivity contribution in [2.45, 2.75) is 111 Å². The average Bonchev–Trinajstić information content (AvgIpc) is 3.40. The maximum atomic E-state index is 12.6. The molecule has 8 atom stereocenters. The van der Waals surface area contributed by atoms with Crippen molar-refractivity contribution in [3.05, 3.63) is 0 Å². The Morgan fingerprint density at radius 2 is 1.66 bits per heavy atom. The molecule has 3 nitrogen and oxygen atoms in total. The first-order chi connectivity index (χ1) is 16.3. The highest BCUT2D eigenvalue weighted by atomic mass is 127. The molecule has 202 valence electrons. The van der Waals surface area contributed by atoms with Crippen molar-refractivity contribution in [1.29, 1.82) is 0 Å². The van der Waals surface area contributed by atoms with Gasteiger partial charge in [0.05, 0.1) is 33.2 Å². The molecule has 0 bridgehead atoms. The zero-order valence-corrected chi connectivity index (χ0v) is 25.6. The van der Waals surface area contributed by atoms with Gasteiger partial charge >= 0.3 is 0 Å². The Bertz CT molecular complexity index is 735. The van der Waals surface area contributed by atoms with E-state index in [1.807, 2.05) is 0 Å². The van der Waals surface area contributed by atoms with E-state index in [0.717, 1.165) is 60.0 Å². The van der Waals surface area contributed by atoms with Crippen LogP contribution >= 0.6 is 0 Å². The monoisotopic (exact) mass is 598 g/mol. The summed E-state index contributed by atoms with van der Waals surface area (Å²) in [5.41, 5.74) is 1.18. The van der Waals surface area contributed by atoms with Crippen LogP contribution in [0.25, 0.3) is 0 Å². The van der Waals surface area contributed by atoms with E-state index in [2.05, 4.69) is 33.1 Å². The average molecular weight is 599 g/mol. The number of likely N-dealkylation sites (N-methyl/N-ethyl adjacent to an activating group) is 1. The lowest BCUT2D eigenvalue weighted by Crippen LogP contribution is -3.00. The number of hydrogen-bond acceptors (Lipinski definition) is 1. The SMILES string of the molecule is CC(CCC(=O)NCC[N+]1(C)CCCC1)[C@H]1CC[C@H]2[C@@H]3CCC4CCCC[C@]4(C)[C@H]3CC[C@]12C.[I-]. The van der Waals surface area contributed by atoms with Crippen LogP contribution in [0.15, 0.2) is 0 Å². The number of nitrogens with zero attached hydrogens (tertiary/aromatic N) is 1. The van der Waals surface area contributed by atoms with Gasteiger partial charge in [0, 0.05) is 19.3 Å². The molecule has 1 amide bonds. The summed E-state index contributed by atoms with van der Waals surface area (Å²) < 4.78 is 1.15. The molecule has 4 saturated carbocycles. The van der Waals surface area contributed by atoms with Crippen LogP contribution < -0.4 is 29.3 Å². The lowest BCUT2D eigenvalue weighted by atomic mass is 9.44. The van der Waals surface area contributed by atoms with Gasteiger partial charge in [0.2, 0.25) is 5.91 Å². The van der Waals surface area contributed by atoms with Crippen LogP contribution in [-0.2, 0) is 4.79 Å². The molecule has 1 N–H and O–H groups in total. The van der Waals surface area contributed by atoms with E-state index in [0.29, 0.717) is 22.7 Å². The zero-order chi connectivity index (χ0) is 24.0. The summed E-state index contributed by atoms with van der Waals surface area (Å²) in [6, 6.07) is 0. The number of fused-ring (bicyclic) bond motifs is 5. The van der Waals surface area contributed by atoms with Crippen molar-refractivity contribution in [1.82, 2.24) is 5.32 Å². The maximum Gasteiger partial charge on any atom is 0.220 e. The molecule has 4 heteroatoms. The third-order valence-electron chi connectivity index (χ3n) is 12.8. The number of amides is 1. The standard InChI is InChI=1S/C31H54N2O.HI/c1-23(10-15-29(34)32-19-22-33(4)20-7-8-21-33)26-13-14-27-25-12-11-24-9-5-6-17-30(24,2)28(25)16-18-31(26,27)3;/h23-28H,5-22H2,1-4H3;1H/t23?,24?,25-,26+,27-,28-,30-,31+;/m0./s1. The van der Waals surface area contributed by atoms with Gasteiger partial charge in [-0.3, -0.25) is 4.79 Å². The molecule has 5 aliphatic rings. The van der Waals surface area contributed by atoms with Crippen LogP contribution in [0.4, 0.5) is 0 Å². The number of rotatable bonds is 7. The van der Waals surface area contributed by atoms with Gasteiger partial charge in [0.25, 0.3) is 0 Å². The molecule has 0 aromatic heterocycles. The van der Waals surface area contributed by atoms with E-state index in [1.54, 1.807) is 0 Å². The van der Waals surface area contributed by atoms with Gasteiger partial charge in [0.15, 0.2) is 0 Å². The summed E-state index contributed by atoms with van der Waals surface area (Å²) in [5, 5.41) is 3.26. The molecular formula is C31H55IN2O. The summed E-state index contributed by atoms with van der Waals surface area (Å²) >= 11 is 0. The van der Waals surface area contributed by atoms with Crippen LogP contribution in [-0.4, -0.2) is 43.6 Å². The van der Waals surface area contributed by atoms with Crippen molar-refractivity contribution in [3.63, 3.8) is 0 Å². The van der Waals surface area contributed by atoms with Crippen LogP contribution in [0.1, 0.15) is 111 Å². The molecule has 35 heavy (non-hydrogen) atoms. The van der Waals surface area contributed by atoms with Crippen molar-refractivity contribution in [2.75, 3.05) is 33.2 Å². The Morgan fingerprint density at radius 3 is 2.43 bits per heavy atom. The number of hydrogen-bond donors (Lipinski definition) is 1. The lowest BCUT2D eigenvalue weighted by molar-refractivity contribution is -0.896. The molecule has 0 radical (unpaired) electrons. The van der Waals surface area contributed by atoms with Gasteiger partial charge < -0.3 is 33.8 Å². The van der Waals surface area contributed by atoms with E-state index in [-0.39, 0.29) is 24.0 Å². The second-order valence-corrected chi connectivity index (χ2v) is 14.5. The predicted octanol–water partition coefficient (Wildman–Crippen LogP) is 3.81. The predicted molar refractivity (Wildman–Crippen MR) is 141 cm³/mol. The number of carbonyl (C=O) groups excluding carboxylic acids is 1. The van der Waals surface area contributed by atoms with Crippen LogP contribution in [0, 0.1) is 46.3 Å². The van der Waals surface area contributed by atoms with Crippen LogP contribution in [0.5, 0.6) is 0 Å². The number of quaternary nitrogens is 1. The van der Waals surface area contributed by atoms with E-state index in [4.69, 9.17) is 0 Å². The number of nitrogens with one attached hydrogen (secondary N) is 1. The first-order valence-electron chi connectivity index (χ1n) is 15.4. The molecular weight excluding hydrogens is 543 g/mol. The van der Waals surface area contributed by atoms with Crippen molar-refractivity contribution in [3.8, 4) is 0 Å².